The van der Waals surface area contributed by atoms with Gasteiger partial charge in [0.25, 0.3) is 11.8 Å². The van der Waals surface area contributed by atoms with Crippen LogP contribution in [0.15, 0.2) is 43.5 Å². The predicted molar refractivity (Wildman–Crippen MR) is 86.8 cm³/mol. The van der Waals surface area contributed by atoms with Gasteiger partial charge in [-0.2, -0.15) is 0 Å². The second-order valence-corrected chi connectivity index (χ2v) is 4.67. The van der Waals surface area contributed by atoms with Crippen LogP contribution in [-0.4, -0.2) is 24.9 Å². The maximum atomic E-state index is 11.8. The number of nitrogens with zero attached hydrogens (tertiary/aromatic N) is 1. The third kappa shape index (κ3) is 3.81. The summed E-state index contributed by atoms with van der Waals surface area (Å²) in [4.78, 5) is 25.3. The van der Waals surface area contributed by atoms with E-state index in [1.54, 1.807) is 24.3 Å². The molecule has 2 rings (SSSR count). The Balaban J connectivity index is 0.000000677. The SMILES string of the molecule is C=CCN(CC=C)c1cccc2c1C(=O)NC2=O.CCC. The molecule has 0 aliphatic carbocycles. The van der Waals surface area contributed by atoms with E-state index in [4.69, 9.17) is 0 Å². The smallest absolute Gasteiger partial charge is 0.261 e. The van der Waals surface area contributed by atoms with E-state index in [1.165, 1.54) is 6.42 Å². The van der Waals surface area contributed by atoms with E-state index >= 15 is 0 Å². The summed E-state index contributed by atoms with van der Waals surface area (Å²) in [5, 5.41) is 2.31. The minimum absolute atomic E-state index is 0.339. The summed E-state index contributed by atoms with van der Waals surface area (Å²) < 4.78 is 0. The van der Waals surface area contributed by atoms with Gasteiger partial charge >= 0.3 is 0 Å². The Bertz CT molecular complexity index is 540. The summed E-state index contributed by atoms with van der Waals surface area (Å²) in [6.07, 6.45) is 4.75. The van der Waals surface area contributed by atoms with E-state index in [1.807, 2.05) is 11.0 Å². The number of imide groups is 1. The number of hydrogen-bond donors (Lipinski definition) is 1. The Morgan fingerprint density at radius 2 is 1.67 bits per heavy atom. The molecule has 0 atom stereocenters. The molecule has 4 heteroatoms. The fourth-order valence-corrected chi connectivity index (χ4v) is 2.05. The lowest BCUT2D eigenvalue weighted by Gasteiger charge is -2.23. The third-order valence-electron chi connectivity index (χ3n) is 2.78. The van der Waals surface area contributed by atoms with E-state index < -0.39 is 0 Å². The molecular formula is C17H22N2O2. The van der Waals surface area contributed by atoms with Gasteiger partial charge in [0.2, 0.25) is 0 Å². The van der Waals surface area contributed by atoms with Crippen molar-refractivity contribution < 1.29 is 9.59 Å². The number of hydrogen-bond acceptors (Lipinski definition) is 3. The molecule has 4 nitrogen and oxygen atoms in total. The van der Waals surface area contributed by atoms with Crippen molar-refractivity contribution in [2.24, 2.45) is 0 Å². The first-order chi connectivity index (χ1) is 10.1. The standard InChI is InChI=1S/C14H14N2O2.C3H8/c1-3-8-16(9-4-2)11-7-5-6-10-12(11)14(18)15-13(10)17;1-3-2/h3-7H,1-2,8-9H2,(H,15,17,18);3H2,1-2H3. The molecule has 0 unspecified atom stereocenters. The van der Waals surface area contributed by atoms with Crippen LogP contribution in [0.1, 0.15) is 41.0 Å². The van der Waals surface area contributed by atoms with Crippen LogP contribution in [-0.2, 0) is 0 Å². The largest absolute Gasteiger partial charge is 0.363 e. The number of carbonyl (C=O) groups excluding carboxylic acids is 2. The molecule has 112 valence electrons. The van der Waals surface area contributed by atoms with Crippen LogP contribution < -0.4 is 10.2 Å². The van der Waals surface area contributed by atoms with Gasteiger partial charge in [0.05, 0.1) is 16.8 Å². The lowest BCUT2D eigenvalue weighted by molar-refractivity contribution is 0.0880. The van der Waals surface area contributed by atoms with Gasteiger partial charge in [0.15, 0.2) is 0 Å². The summed E-state index contributed by atoms with van der Waals surface area (Å²) in [6, 6.07) is 5.24. The van der Waals surface area contributed by atoms with E-state index in [-0.39, 0.29) is 11.8 Å². The van der Waals surface area contributed by atoms with Crippen LogP contribution in [0.2, 0.25) is 0 Å². The van der Waals surface area contributed by atoms with Crippen LogP contribution >= 0.6 is 0 Å². The molecule has 1 aliphatic rings. The maximum Gasteiger partial charge on any atom is 0.261 e. The van der Waals surface area contributed by atoms with E-state index in [0.717, 1.165) is 5.69 Å². The Morgan fingerprint density at radius 3 is 2.19 bits per heavy atom. The van der Waals surface area contributed by atoms with Crippen LogP contribution in [0, 0.1) is 0 Å². The highest BCUT2D eigenvalue weighted by atomic mass is 16.2. The van der Waals surface area contributed by atoms with Gasteiger partial charge in [-0.1, -0.05) is 38.5 Å². The second-order valence-electron chi connectivity index (χ2n) is 4.67. The van der Waals surface area contributed by atoms with Crippen molar-refractivity contribution in [3.05, 3.63) is 54.6 Å². The molecule has 0 saturated carbocycles. The number of carbonyl (C=O) groups is 2. The summed E-state index contributed by atoms with van der Waals surface area (Å²) in [6.45, 7) is 12.8. The van der Waals surface area contributed by atoms with E-state index in [9.17, 15) is 9.59 Å². The quantitative estimate of drug-likeness (QED) is 0.668. The first-order valence-corrected chi connectivity index (χ1v) is 7.06. The molecule has 1 aliphatic heterocycles. The van der Waals surface area contributed by atoms with Crippen LogP contribution in [0.3, 0.4) is 0 Å². The molecule has 1 aromatic carbocycles. The van der Waals surface area contributed by atoms with Gasteiger partial charge in [-0.05, 0) is 12.1 Å². The topological polar surface area (TPSA) is 49.4 Å². The molecule has 21 heavy (non-hydrogen) atoms. The first kappa shape index (κ1) is 16.7. The summed E-state index contributed by atoms with van der Waals surface area (Å²) >= 11 is 0. The highest BCUT2D eigenvalue weighted by Gasteiger charge is 2.30. The van der Waals surface area contributed by atoms with Gasteiger partial charge in [-0.25, -0.2) is 0 Å². The highest BCUT2D eigenvalue weighted by Crippen LogP contribution is 2.27. The molecule has 1 heterocycles. The average Bonchev–Trinajstić information content (AvgIpc) is 2.75. The van der Waals surface area contributed by atoms with Crippen molar-refractivity contribution in [1.29, 1.82) is 0 Å². The maximum absolute atomic E-state index is 11.8. The van der Waals surface area contributed by atoms with Crippen molar-refractivity contribution in [2.45, 2.75) is 20.3 Å². The zero-order chi connectivity index (χ0) is 15.8. The molecule has 0 fully saturated rings. The lowest BCUT2D eigenvalue weighted by atomic mass is 10.1. The number of nitrogens with one attached hydrogen (secondary N) is 1. The van der Waals surface area contributed by atoms with Crippen LogP contribution in [0.25, 0.3) is 0 Å². The predicted octanol–water partition coefficient (Wildman–Crippen LogP) is 3.16. The zero-order valence-electron chi connectivity index (χ0n) is 12.7. The van der Waals surface area contributed by atoms with Gasteiger partial charge in [0, 0.05) is 13.1 Å². The van der Waals surface area contributed by atoms with Gasteiger partial charge in [-0.3, -0.25) is 14.9 Å². The van der Waals surface area contributed by atoms with E-state index in [0.29, 0.717) is 24.2 Å². The molecule has 0 spiro atoms. The summed E-state index contributed by atoms with van der Waals surface area (Å²) in [7, 11) is 0. The molecule has 1 aromatic rings. The first-order valence-electron chi connectivity index (χ1n) is 7.06. The Hall–Kier alpha value is -2.36. The zero-order valence-corrected chi connectivity index (χ0v) is 12.7. The third-order valence-corrected chi connectivity index (χ3v) is 2.78. The summed E-state index contributed by atoms with van der Waals surface area (Å²) in [5.74, 6) is -0.683. The van der Waals surface area contributed by atoms with Gasteiger partial charge in [0.1, 0.15) is 0 Å². The number of benzene rings is 1. The van der Waals surface area contributed by atoms with Crippen molar-refractivity contribution in [2.75, 3.05) is 18.0 Å². The van der Waals surface area contributed by atoms with Crippen molar-refractivity contribution in [1.82, 2.24) is 5.32 Å². The van der Waals surface area contributed by atoms with Gasteiger partial charge < -0.3 is 4.90 Å². The molecule has 0 aromatic heterocycles. The fraction of sp³-hybridized carbons (Fsp3) is 0.294. The van der Waals surface area contributed by atoms with E-state index in [2.05, 4.69) is 32.3 Å². The monoisotopic (exact) mass is 286 g/mol. The molecule has 0 radical (unpaired) electrons. The highest BCUT2D eigenvalue weighted by molar-refractivity contribution is 6.23. The minimum atomic E-state index is -0.344. The fourth-order valence-electron chi connectivity index (χ4n) is 2.05. The number of fused-ring (bicyclic) bond motifs is 1. The lowest BCUT2D eigenvalue weighted by Crippen LogP contribution is -2.26. The number of amides is 2. The molecule has 1 N–H and O–H groups in total. The molecule has 0 bridgehead atoms. The number of rotatable bonds is 5. The molecule has 2 amide bonds. The Labute approximate surface area is 126 Å². The van der Waals surface area contributed by atoms with Crippen molar-refractivity contribution >= 4 is 17.5 Å². The molecular weight excluding hydrogens is 264 g/mol. The van der Waals surface area contributed by atoms with Crippen molar-refractivity contribution in [3.8, 4) is 0 Å². The normalized spacial score (nSPS) is 11.9. The molecule has 0 saturated heterocycles. The minimum Gasteiger partial charge on any atom is -0.363 e. The number of anilines is 1. The Kier molecular flexibility index (Phi) is 6.40. The average molecular weight is 286 g/mol. The van der Waals surface area contributed by atoms with Crippen LogP contribution in [0.4, 0.5) is 5.69 Å². The van der Waals surface area contributed by atoms with Crippen LogP contribution in [0.5, 0.6) is 0 Å². The van der Waals surface area contributed by atoms with Crippen molar-refractivity contribution in [3.63, 3.8) is 0 Å². The Morgan fingerprint density at radius 1 is 1.10 bits per heavy atom. The summed E-state index contributed by atoms with van der Waals surface area (Å²) in [5.41, 5.74) is 1.59. The van der Waals surface area contributed by atoms with Gasteiger partial charge in [-0.15, -0.1) is 13.2 Å². The second kappa shape index (κ2) is 8.04.